The molecule has 0 spiro atoms. The van der Waals surface area contributed by atoms with Crippen molar-refractivity contribution in [2.45, 2.75) is 13.1 Å². The molecule has 0 fully saturated rings. The number of aromatic amines is 1. The van der Waals surface area contributed by atoms with Crippen LogP contribution in [-0.4, -0.2) is 9.97 Å². The van der Waals surface area contributed by atoms with E-state index in [9.17, 15) is 13.2 Å². The lowest BCUT2D eigenvalue weighted by molar-refractivity contribution is -0.137. The molecular formula is C15H11F3N2. The Balaban J connectivity index is 2.02. The second kappa shape index (κ2) is 4.37. The molecule has 0 aliphatic rings. The molecule has 0 amide bonds. The van der Waals surface area contributed by atoms with E-state index < -0.39 is 11.7 Å². The first-order valence-electron chi connectivity index (χ1n) is 6.06. The summed E-state index contributed by atoms with van der Waals surface area (Å²) in [5.41, 5.74) is 2.55. The van der Waals surface area contributed by atoms with E-state index in [-0.39, 0.29) is 0 Å². The summed E-state index contributed by atoms with van der Waals surface area (Å²) in [6.07, 6.45) is -3.49. The highest BCUT2D eigenvalue weighted by atomic mass is 19.4. The van der Waals surface area contributed by atoms with Crippen LogP contribution in [0.15, 0.2) is 42.6 Å². The van der Waals surface area contributed by atoms with Crippen molar-refractivity contribution in [1.82, 2.24) is 9.97 Å². The lowest BCUT2D eigenvalue weighted by Gasteiger charge is -2.07. The molecule has 3 rings (SSSR count). The van der Waals surface area contributed by atoms with E-state index in [2.05, 4.69) is 9.97 Å². The van der Waals surface area contributed by atoms with E-state index in [0.717, 1.165) is 34.4 Å². The second-order valence-corrected chi connectivity index (χ2v) is 4.68. The molecule has 0 saturated carbocycles. The average Bonchev–Trinajstić information content (AvgIpc) is 2.77. The lowest BCUT2D eigenvalue weighted by Crippen LogP contribution is -2.05. The number of halogens is 3. The van der Waals surface area contributed by atoms with Gasteiger partial charge in [0.25, 0.3) is 0 Å². The Morgan fingerprint density at radius 1 is 1.05 bits per heavy atom. The van der Waals surface area contributed by atoms with Crippen LogP contribution in [0.3, 0.4) is 0 Å². The van der Waals surface area contributed by atoms with Crippen molar-refractivity contribution in [2.24, 2.45) is 0 Å². The Labute approximate surface area is 113 Å². The van der Waals surface area contributed by atoms with Gasteiger partial charge in [0.1, 0.15) is 0 Å². The van der Waals surface area contributed by atoms with Gasteiger partial charge >= 0.3 is 6.18 Å². The van der Waals surface area contributed by atoms with E-state index in [1.165, 1.54) is 6.07 Å². The van der Waals surface area contributed by atoms with E-state index in [0.29, 0.717) is 5.69 Å². The zero-order chi connectivity index (χ0) is 14.3. The largest absolute Gasteiger partial charge is 0.417 e. The van der Waals surface area contributed by atoms with Gasteiger partial charge in [-0.3, -0.25) is 4.98 Å². The standard InChI is InChI=1S/C15H11F3N2/c1-9-6-10-2-3-11(7-14(10)20-9)13-5-4-12(8-19-13)15(16,17)18/h2-8,20H,1H3. The summed E-state index contributed by atoms with van der Waals surface area (Å²) in [6, 6.07) is 10.1. The van der Waals surface area contributed by atoms with Crippen molar-refractivity contribution in [3.05, 3.63) is 53.9 Å². The molecule has 1 aromatic carbocycles. The SMILES string of the molecule is Cc1cc2ccc(-c3ccc(C(F)(F)F)cn3)cc2[nH]1. The van der Waals surface area contributed by atoms with Crippen molar-refractivity contribution < 1.29 is 13.2 Å². The predicted molar refractivity (Wildman–Crippen MR) is 71.3 cm³/mol. The summed E-state index contributed by atoms with van der Waals surface area (Å²) in [5, 5.41) is 1.07. The summed E-state index contributed by atoms with van der Waals surface area (Å²) < 4.78 is 37.5. The zero-order valence-electron chi connectivity index (χ0n) is 10.6. The summed E-state index contributed by atoms with van der Waals surface area (Å²) in [7, 11) is 0. The van der Waals surface area contributed by atoms with Crippen molar-refractivity contribution in [3.63, 3.8) is 0 Å². The van der Waals surface area contributed by atoms with Gasteiger partial charge in [0, 0.05) is 23.0 Å². The summed E-state index contributed by atoms with van der Waals surface area (Å²) in [6.45, 7) is 1.95. The van der Waals surface area contributed by atoms with Gasteiger partial charge in [-0.1, -0.05) is 12.1 Å². The molecular weight excluding hydrogens is 265 g/mol. The normalized spacial score (nSPS) is 12.0. The third kappa shape index (κ3) is 2.27. The number of aryl methyl sites for hydroxylation is 1. The minimum absolute atomic E-state index is 0.521. The van der Waals surface area contributed by atoms with Crippen molar-refractivity contribution in [3.8, 4) is 11.3 Å². The van der Waals surface area contributed by atoms with Crippen molar-refractivity contribution >= 4 is 10.9 Å². The van der Waals surface area contributed by atoms with Crippen LogP contribution in [0.2, 0.25) is 0 Å². The molecule has 20 heavy (non-hydrogen) atoms. The van der Waals surface area contributed by atoms with Crippen LogP contribution in [0.4, 0.5) is 13.2 Å². The molecule has 2 nitrogen and oxygen atoms in total. The van der Waals surface area contributed by atoms with E-state index in [1.807, 2.05) is 31.2 Å². The maximum atomic E-state index is 12.5. The fourth-order valence-electron chi connectivity index (χ4n) is 2.16. The Kier molecular flexibility index (Phi) is 2.78. The Hall–Kier alpha value is -2.30. The van der Waals surface area contributed by atoms with Crippen LogP contribution in [0.25, 0.3) is 22.2 Å². The predicted octanol–water partition coefficient (Wildman–Crippen LogP) is 4.56. The van der Waals surface area contributed by atoms with Gasteiger partial charge in [-0.15, -0.1) is 0 Å². The van der Waals surface area contributed by atoms with E-state index >= 15 is 0 Å². The molecule has 0 aliphatic heterocycles. The second-order valence-electron chi connectivity index (χ2n) is 4.68. The lowest BCUT2D eigenvalue weighted by atomic mass is 10.1. The molecule has 3 aromatic rings. The van der Waals surface area contributed by atoms with Crippen molar-refractivity contribution in [1.29, 1.82) is 0 Å². The van der Waals surface area contributed by atoms with Gasteiger partial charge in [0.05, 0.1) is 11.3 Å². The number of aromatic nitrogens is 2. The molecule has 0 radical (unpaired) electrons. The molecule has 0 bridgehead atoms. The average molecular weight is 276 g/mol. The van der Waals surface area contributed by atoms with Gasteiger partial charge in [-0.25, -0.2) is 0 Å². The smallest absolute Gasteiger partial charge is 0.359 e. The number of alkyl halides is 3. The quantitative estimate of drug-likeness (QED) is 0.693. The molecule has 102 valence electrons. The van der Waals surface area contributed by atoms with Crippen LogP contribution < -0.4 is 0 Å². The van der Waals surface area contributed by atoms with Crippen molar-refractivity contribution in [2.75, 3.05) is 0 Å². The number of nitrogens with zero attached hydrogens (tertiary/aromatic N) is 1. The Morgan fingerprint density at radius 2 is 1.85 bits per heavy atom. The third-order valence-electron chi connectivity index (χ3n) is 3.14. The monoisotopic (exact) mass is 276 g/mol. The number of pyridine rings is 1. The first kappa shape index (κ1) is 12.7. The minimum Gasteiger partial charge on any atom is -0.359 e. The van der Waals surface area contributed by atoms with E-state index in [1.54, 1.807) is 0 Å². The van der Waals surface area contributed by atoms with Crippen LogP contribution in [0.1, 0.15) is 11.3 Å². The Morgan fingerprint density at radius 3 is 2.50 bits per heavy atom. The molecule has 2 aromatic heterocycles. The Bertz CT molecular complexity index is 755. The minimum atomic E-state index is -4.36. The summed E-state index contributed by atoms with van der Waals surface area (Å²) in [5.74, 6) is 0. The number of hydrogen-bond acceptors (Lipinski definition) is 1. The maximum Gasteiger partial charge on any atom is 0.417 e. The van der Waals surface area contributed by atoms with Crippen LogP contribution in [-0.2, 0) is 6.18 Å². The van der Waals surface area contributed by atoms with E-state index in [4.69, 9.17) is 0 Å². The highest BCUT2D eigenvalue weighted by Crippen LogP contribution is 2.30. The fourth-order valence-corrected chi connectivity index (χ4v) is 2.16. The molecule has 2 heterocycles. The first-order valence-corrected chi connectivity index (χ1v) is 6.06. The highest BCUT2D eigenvalue weighted by molar-refractivity contribution is 5.84. The van der Waals surface area contributed by atoms with Crippen LogP contribution >= 0.6 is 0 Å². The molecule has 0 atom stereocenters. The van der Waals surface area contributed by atoms with Gasteiger partial charge in [-0.2, -0.15) is 13.2 Å². The molecule has 5 heteroatoms. The number of fused-ring (bicyclic) bond motifs is 1. The zero-order valence-corrected chi connectivity index (χ0v) is 10.6. The van der Waals surface area contributed by atoms with Gasteiger partial charge < -0.3 is 4.98 Å². The first-order chi connectivity index (χ1) is 9.43. The highest BCUT2D eigenvalue weighted by Gasteiger charge is 2.30. The fraction of sp³-hybridized carbons (Fsp3) is 0.133. The maximum absolute atomic E-state index is 12.5. The molecule has 0 aliphatic carbocycles. The number of benzene rings is 1. The molecule has 1 N–H and O–H groups in total. The number of hydrogen-bond donors (Lipinski definition) is 1. The van der Waals surface area contributed by atoms with Crippen LogP contribution in [0, 0.1) is 6.92 Å². The number of H-pyrrole nitrogens is 1. The third-order valence-corrected chi connectivity index (χ3v) is 3.14. The van der Waals surface area contributed by atoms with Gasteiger partial charge in [-0.05, 0) is 36.6 Å². The topological polar surface area (TPSA) is 28.7 Å². The molecule has 0 unspecified atom stereocenters. The molecule has 0 saturated heterocycles. The summed E-state index contributed by atoms with van der Waals surface area (Å²) in [4.78, 5) is 7.09. The van der Waals surface area contributed by atoms with Gasteiger partial charge in [0.15, 0.2) is 0 Å². The van der Waals surface area contributed by atoms with Crippen LogP contribution in [0.5, 0.6) is 0 Å². The number of rotatable bonds is 1. The summed E-state index contributed by atoms with van der Waals surface area (Å²) >= 11 is 0. The number of nitrogens with one attached hydrogen (secondary N) is 1. The van der Waals surface area contributed by atoms with Gasteiger partial charge in [0.2, 0.25) is 0 Å².